The fourth-order valence-electron chi connectivity index (χ4n) is 0.588. The molecule has 0 aromatic carbocycles. The molecular formula is C7H9Cl3O. The molecule has 0 heterocycles. The molecular weight excluding hydrogens is 206 g/mol. The summed E-state index contributed by atoms with van der Waals surface area (Å²) in [6.45, 7) is 0. The molecule has 4 heteroatoms. The summed E-state index contributed by atoms with van der Waals surface area (Å²) >= 11 is 15.9. The molecule has 0 aliphatic heterocycles. The molecule has 0 radical (unpaired) electrons. The minimum atomic E-state index is -0.0462. The third-order valence-corrected chi connectivity index (χ3v) is 1.56. The lowest BCUT2D eigenvalue weighted by Crippen LogP contribution is -1.92. The van der Waals surface area contributed by atoms with Gasteiger partial charge in [-0.05, 0) is 12.8 Å². The lowest BCUT2D eigenvalue weighted by atomic mass is 10.2. The maximum absolute atomic E-state index is 10.8. The molecule has 0 spiro atoms. The van der Waals surface area contributed by atoms with E-state index in [1.807, 2.05) is 0 Å². The van der Waals surface area contributed by atoms with E-state index in [4.69, 9.17) is 34.8 Å². The number of hydrogen-bond acceptors (Lipinski definition) is 1. The third kappa shape index (κ3) is 8.18. The summed E-state index contributed by atoms with van der Waals surface area (Å²) in [6.07, 6.45) is 3.33. The van der Waals surface area contributed by atoms with Crippen molar-refractivity contribution in [3.63, 3.8) is 0 Å². The summed E-state index contributed by atoms with van der Waals surface area (Å²) in [5, 5.41) is 0. The van der Waals surface area contributed by atoms with Gasteiger partial charge in [-0.25, -0.2) is 0 Å². The Hall–Kier alpha value is 0.280. The molecule has 64 valence electrons. The van der Waals surface area contributed by atoms with Crippen LogP contribution in [0.1, 0.15) is 19.3 Å². The zero-order valence-electron chi connectivity index (χ0n) is 5.95. The van der Waals surface area contributed by atoms with E-state index in [1.165, 1.54) is 6.08 Å². The fraction of sp³-hybridized carbons (Fsp3) is 0.571. The number of carbonyl (C=O) groups excluding carboxylic acids is 1. The Morgan fingerprint density at radius 3 is 2.36 bits per heavy atom. The normalized spacial score (nSPS) is 9.36. The van der Waals surface area contributed by atoms with Gasteiger partial charge in [-0.3, -0.25) is 4.79 Å². The summed E-state index contributed by atoms with van der Waals surface area (Å²) in [5.41, 5.74) is 0. The number of unbranched alkanes of at least 4 members (excludes halogenated alkanes) is 1. The molecule has 0 atom stereocenters. The Balaban J connectivity index is 3.46. The van der Waals surface area contributed by atoms with Crippen LogP contribution >= 0.6 is 34.8 Å². The quantitative estimate of drug-likeness (QED) is 0.391. The lowest BCUT2D eigenvalue weighted by Gasteiger charge is -1.92. The minimum absolute atomic E-state index is 0.0147. The van der Waals surface area contributed by atoms with E-state index in [-0.39, 0.29) is 10.3 Å². The summed E-state index contributed by atoms with van der Waals surface area (Å²) in [5.74, 6) is 0.543. The van der Waals surface area contributed by atoms with Crippen molar-refractivity contribution in [2.75, 3.05) is 5.88 Å². The van der Waals surface area contributed by atoms with Crippen LogP contribution in [0.2, 0.25) is 0 Å². The Morgan fingerprint density at radius 2 is 1.91 bits per heavy atom. The largest absolute Gasteiger partial charge is 0.295 e. The van der Waals surface area contributed by atoms with Crippen LogP contribution in [-0.4, -0.2) is 11.7 Å². The summed E-state index contributed by atoms with van der Waals surface area (Å²) in [6, 6.07) is 0. The molecule has 0 rings (SSSR count). The average molecular weight is 216 g/mol. The number of hydrogen-bond donors (Lipinski definition) is 0. The first-order chi connectivity index (χ1) is 5.16. The molecule has 0 aromatic heterocycles. The van der Waals surface area contributed by atoms with E-state index >= 15 is 0 Å². The molecule has 0 aliphatic carbocycles. The second-order valence-electron chi connectivity index (χ2n) is 2.05. The van der Waals surface area contributed by atoms with E-state index in [0.29, 0.717) is 12.3 Å². The highest BCUT2D eigenvalue weighted by molar-refractivity contribution is 6.56. The highest BCUT2D eigenvalue weighted by atomic mass is 35.5. The molecule has 0 amide bonds. The Kier molecular flexibility index (Phi) is 7.13. The molecule has 0 N–H and O–H groups in total. The van der Waals surface area contributed by atoms with Crippen molar-refractivity contribution in [1.82, 2.24) is 0 Å². The van der Waals surface area contributed by atoms with Crippen molar-refractivity contribution in [1.29, 1.82) is 0 Å². The first-order valence-corrected chi connectivity index (χ1v) is 4.57. The maximum Gasteiger partial charge on any atom is 0.158 e. The topological polar surface area (TPSA) is 17.1 Å². The zero-order chi connectivity index (χ0) is 8.69. The Bertz CT molecular complexity index is 150. The highest BCUT2D eigenvalue weighted by Gasteiger charge is 1.97. The van der Waals surface area contributed by atoms with Crippen molar-refractivity contribution in [2.24, 2.45) is 0 Å². The molecule has 0 fully saturated rings. The van der Waals surface area contributed by atoms with Crippen LogP contribution in [0.15, 0.2) is 10.6 Å². The van der Waals surface area contributed by atoms with Crippen molar-refractivity contribution in [2.45, 2.75) is 19.3 Å². The van der Waals surface area contributed by atoms with Gasteiger partial charge >= 0.3 is 0 Å². The molecule has 11 heavy (non-hydrogen) atoms. The van der Waals surface area contributed by atoms with Crippen LogP contribution in [0.25, 0.3) is 0 Å². The van der Waals surface area contributed by atoms with E-state index < -0.39 is 0 Å². The van der Waals surface area contributed by atoms with Crippen molar-refractivity contribution in [3.05, 3.63) is 10.6 Å². The maximum atomic E-state index is 10.8. The van der Waals surface area contributed by atoms with Gasteiger partial charge in [0.05, 0.1) is 0 Å². The van der Waals surface area contributed by atoms with Gasteiger partial charge in [0.15, 0.2) is 5.78 Å². The number of allylic oxidation sites excluding steroid dienone is 1. The van der Waals surface area contributed by atoms with Crippen LogP contribution in [0, 0.1) is 0 Å². The van der Waals surface area contributed by atoms with Crippen molar-refractivity contribution in [3.8, 4) is 0 Å². The van der Waals surface area contributed by atoms with Crippen LogP contribution in [0.4, 0.5) is 0 Å². The molecule has 1 nitrogen and oxygen atoms in total. The highest BCUT2D eigenvalue weighted by Crippen LogP contribution is 2.08. The van der Waals surface area contributed by atoms with Crippen LogP contribution in [0.3, 0.4) is 0 Å². The van der Waals surface area contributed by atoms with Gasteiger partial charge in [-0.1, -0.05) is 23.2 Å². The first kappa shape index (κ1) is 11.3. The molecule has 0 aromatic rings. The second-order valence-corrected chi connectivity index (χ2v) is 3.43. The smallest absolute Gasteiger partial charge is 0.158 e. The lowest BCUT2D eigenvalue weighted by molar-refractivity contribution is -0.114. The van der Waals surface area contributed by atoms with Crippen LogP contribution in [0.5, 0.6) is 0 Å². The Labute approximate surface area is 81.3 Å². The first-order valence-electron chi connectivity index (χ1n) is 3.28. The molecule has 0 saturated carbocycles. The van der Waals surface area contributed by atoms with Crippen molar-refractivity contribution < 1.29 is 4.79 Å². The fourth-order valence-corrected chi connectivity index (χ4v) is 1.02. The zero-order valence-corrected chi connectivity index (χ0v) is 8.22. The van der Waals surface area contributed by atoms with E-state index in [2.05, 4.69) is 0 Å². The monoisotopic (exact) mass is 214 g/mol. The van der Waals surface area contributed by atoms with E-state index in [0.717, 1.165) is 12.8 Å². The second kappa shape index (κ2) is 6.96. The molecule has 0 unspecified atom stereocenters. The van der Waals surface area contributed by atoms with Gasteiger partial charge in [0.25, 0.3) is 0 Å². The summed E-state index contributed by atoms with van der Waals surface area (Å²) < 4.78 is 0.0147. The third-order valence-electron chi connectivity index (χ3n) is 1.08. The van der Waals surface area contributed by atoms with Crippen LogP contribution in [-0.2, 0) is 4.79 Å². The van der Waals surface area contributed by atoms with Gasteiger partial charge in [0.2, 0.25) is 0 Å². The molecule has 0 aliphatic rings. The predicted molar refractivity (Wildman–Crippen MR) is 49.4 cm³/mol. The Morgan fingerprint density at radius 1 is 1.27 bits per heavy atom. The van der Waals surface area contributed by atoms with Crippen LogP contribution < -0.4 is 0 Å². The number of halogens is 3. The average Bonchev–Trinajstić information content (AvgIpc) is 1.86. The van der Waals surface area contributed by atoms with Gasteiger partial charge in [-0.15, -0.1) is 11.6 Å². The van der Waals surface area contributed by atoms with Gasteiger partial charge < -0.3 is 0 Å². The number of ketones is 1. The number of rotatable bonds is 5. The van der Waals surface area contributed by atoms with Crippen molar-refractivity contribution >= 4 is 40.6 Å². The van der Waals surface area contributed by atoms with Gasteiger partial charge in [0, 0.05) is 18.4 Å². The summed E-state index contributed by atoms with van der Waals surface area (Å²) in [4.78, 5) is 10.8. The minimum Gasteiger partial charge on any atom is -0.295 e. The SMILES string of the molecule is O=C(C=C(Cl)Cl)CCCCCl. The van der Waals surface area contributed by atoms with E-state index in [9.17, 15) is 4.79 Å². The van der Waals surface area contributed by atoms with E-state index in [1.54, 1.807) is 0 Å². The number of carbonyl (C=O) groups is 1. The molecule has 0 saturated heterocycles. The molecule has 0 bridgehead atoms. The van der Waals surface area contributed by atoms with Gasteiger partial charge in [0.1, 0.15) is 4.49 Å². The van der Waals surface area contributed by atoms with Gasteiger partial charge in [-0.2, -0.15) is 0 Å². The standard InChI is InChI=1S/C7H9Cl3O/c8-4-2-1-3-6(11)5-7(9)10/h5H,1-4H2. The predicted octanol–water partition coefficient (Wildman–Crippen LogP) is 3.28. The number of alkyl halides is 1. The summed E-state index contributed by atoms with van der Waals surface area (Å²) in [7, 11) is 0.